The molecule has 0 aliphatic carbocycles. The van der Waals surface area contributed by atoms with E-state index in [-0.39, 0.29) is 9.20 Å². The minimum Gasteiger partial charge on any atom is -0.389 e. The molecule has 0 saturated carbocycles. The highest BCUT2D eigenvalue weighted by atomic mass is 32.2. The van der Waals surface area contributed by atoms with Crippen molar-refractivity contribution in [2.24, 2.45) is 11.7 Å². The molecule has 18 heavy (non-hydrogen) atoms. The summed E-state index contributed by atoms with van der Waals surface area (Å²) >= 11 is 7.80. The summed E-state index contributed by atoms with van der Waals surface area (Å²) in [5.74, 6) is 2.60. The number of hydrogen-bond acceptors (Lipinski definition) is 5. The van der Waals surface area contributed by atoms with Crippen LogP contribution in [0.4, 0.5) is 0 Å². The summed E-state index contributed by atoms with van der Waals surface area (Å²) in [6.45, 7) is 0.510. The molecule has 0 amide bonds. The number of thiophene rings is 1. The summed E-state index contributed by atoms with van der Waals surface area (Å²) in [5.41, 5.74) is 5.47. The molecule has 1 fully saturated rings. The van der Waals surface area contributed by atoms with Crippen LogP contribution >= 0.6 is 35.3 Å². The maximum absolute atomic E-state index is 12.0. The first-order chi connectivity index (χ1) is 8.49. The third-order valence-corrected chi connectivity index (χ3v) is 7.29. The van der Waals surface area contributed by atoms with Gasteiger partial charge >= 0.3 is 0 Å². The first-order valence-corrected chi connectivity index (χ1v) is 9.32. The van der Waals surface area contributed by atoms with Crippen LogP contribution in [0.25, 0.3) is 0 Å². The van der Waals surface area contributed by atoms with Gasteiger partial charge in [-0.25, -0.2) is 13.1 Å². The Balaban J connectivity index is 2.02. The Labute approximate surface area is 120 Å². The van der Waals surface area contributed by atoms with E-state index in [1.807, 2.05) is 11.8 Å². The lowest BCUT2D eigenvalue weighted by Gasteiger charge is -2.09. The van der Waals surface area contributed by atoms with E-state index in [4.69, 9.17) is 18.0 Å². The van der Waals surface area contributed by atoms with Gasteiger partial charge in [0, 0.05) is 6.54 Å². The van der Waals surface area contributed by atoms with Crippen molar-refractivity contribution < 1.29 is 8.42 Å². The Bertz CT molecular complexity index is 532. The number of nitrogens with two attached hydrogens (primary N) is 1. The fourth-order valence-electron chi connectivity index (χ4n) is 1.64. The Morgan fingerprint density at radius 1 is 1.56 bits per heavy atom. The molecule has 1 unspecified atom stereocenters. The molecule has 0 aromatic carbocycles. The average molecular weight is 323 g/mol. The van der Waals surface area contributed by atoms with Gasteiger partial charge in [0.15, 0.2) is 0 Å². The van der Waals surface area contributed by atoms with E-state index >= 15 is 0 Å². The second kappa shape index (κ2) is 5.87. The number of thioether (sulfide) groups is 1. The van der Waals surface area contributed by atoms with Gasteiger partial charge in [0.05, 0.1) is 4.88 Å². The summed E-state index contributed by atoms with van der Waals surface area (Å²) in [6, 6.07) is 3.19. The molecular formula is C10H14N2O2S4. The number of rotatable bonds is 5. The van der Waals surface area contributed by atoms with E-state index in [0.29, 0.717) is 17.3 Å². The molecule has 1 atom stereocenters. The van der Waals surface area contributed by atoms with Gasteiger partial charge in [0.1, 0.15) is 9.20 Å². The maximum atomic E-state index is 12.0. The summed E-state index contributed by atoms with van der Waals surface area (Å²) in [7, 11) is -3.42. The van der Waals surface area contributed by atoms with E-state index in [9.17, 15) is 8.42 Å². The molecular weight excluding hydrogens is 308 g/mol. The second-order valence-electron chi connectivity index (χ2n) is 4.06. The molecule has 2 rings (SSSR count). The van der Waals surface area contributed by atoms with Crippen molar-refractivity contribution in [2.75, 3.05) is 18.1 Å². The van der Waals surface area contributed by atoms with Crippen molar-refractivity contribution in [3.8, 4) is 0 Å². The van der Waals surface area contributed by atoms with Gasteiger partial charge in [-0.3, -0.25) is 0 Å². The van der Waals surface area contributed by atoms with Crippen molar-refractivity contribution in [1.82, 2.24) is 4.72 Å². The largest absolute Gasteiger partial charge is 0.389 e. The normalized spacial score (nSPS) is 20.1. The molecule has 0 spiro atoms. The Morgan fingerprint density at radius 3 is 2.89 bits per heavy atom. The molecule has 4 nitrogen and oxygen atoms in total. The number of hydrogen-bond donors (Lipinski definition) is 2. The van der Waals surface area contributed by atoms with Crippen LogP contribution < -0.4 is 10.5 Å². The lowest BCUT2D eigenvalue weighted by molar-refractivity contribution is 0.547. The zero-order valence-corrected chi connectivity index (χ0v) is 12.9. The van der Waals surface area contributed by atoms with Crippen molar-refractivity contribution in [3.63, 3.8) is 0 Å². The fraction of sp³-hybridized carbons (Fsp3) is 0.500. The van der Waals surface area contributed by atoms with Crippen LogP contribution in [-0.4, -0.2) is 31.5 Å². The third-order valence-electron chi connectivity index (χ3n) is 2.68. The van der Waals surface area contributed by atoms with Crippen LogP contribution in [-0.2, 0) is 10.0 Å². The molecule has 0 radical (unpaired) electrons. The highest BCUT2D eigenvalue weighted by Gasteiger charge is 2.21. The maximum Gasteiger partial charge on any atom is 0.250 e. The number of nitrogens with one attached hydrogen (secondary N) is 1. The van der Waals surface area contributed by atoms with Gasteiger partial charge in [-0.15, -0.1) is 11.3 Å². The topological polar surface area (TPSA) is 72.2 Å². The van der Waals surface area contributed by atoms with Gasteiger partial charge in [-0.1, -0.05) is 12.2 Å². The lowest BCUT2D eigenvalue weighted by atomic mass is 10.1. The minimum absolute atomic E-state index is 0.230. The SMILES string of the molecule is NC(=S)c1ccc(S(=O)(=O)NCC2CCSC2)s1. The molecule has 8 heteroatoms. The smallest absolute Gasteiger partial charge is 0.250 e. The van der Waals surface area contributed by atoms with E-state index in [0.717, 1.165) is 29.3 Å². The Kier molecular flexibility index (Phi) is 4.65. The predicted molar refractivity (Wildman–Crippen MR) is 80.8 cm³/mol. The molecule has 1 aliphatic heterocycles. The molecule has 1 aromatic rings. The van der Waals surface area contributed by atoms with Crippen molar-refractivity contribution in [2.45, 2.75) is 10.6 Å². The average Bonchev–Trinajstić information content (AvgIpc) is 2.98. The van der Waals surface area contributed by atoms with Crippen LogP contribution in [0.3, 0.4) is 0 Å². The van der Waals surface area contributed by atoms with Crippen molar-refractivity contribution in [1.29, 1.82) is 0 Å². The first-order valence-electron chi connectivity index (χ1n) is 5.46. The molecule has 1 saturated heterocycles. The van der Waals surface area contributed by atoms with Crippen molar-refractivity contribution in [3.05, 3.63) is 17.0 Å². The standard InChI is InChI=1S/C10H14N2O2S4/c11-10(15)8-1-2-9(17-8)18(13,14)12-5-7-3-4-16-6-7/h1-2,7,12H,3-6H2,(H2,11,15). The second-order valence-corrected chi connectivity index (χ2v) is 8.73. The Morgan fingerprint density at radius 2 is 2.33 bits per heavy atom. The van der Waals surface area contributed by atoms with Crippen LogP contribution in [0, 0.1) is 5.92 Å². The van der Waals surface area contributed by atoms with E-state index in [2.05, 4.69) is 4.72 Å². The van der Waals surface area contributed by atoms with E-state index in [1.165, 1.54) is 0 Å². The quantitative estimate of drug-likeness (QED) is 0.802. The van der Waals surface area contributed by atoms with Crippen molar-refractivity contribution >= 4 is 50.3 Å². The lowest BCUT2D eigenvalue weighted by Crippen LogP contribution is -2.28. The highest BCUT2D eigenvalue weighted by Crippen LogP contribution is 2.24. The van der Waals surface area contributed by atoms with Gasteiger partial charge in [-0.2, -0.15) is 11.8 Å². The van der Waals surface area contributed by atoms with Gasteiger partial charge in [-0.05, 0) is 36.0 Å². The molecule has 2 heterocycles. The minimum atomic E-state index is -3.42. The van der Waals surface area contributed by atoms with Gasteiger partial charge in [0.2, 0.25) is 10.0 Å². The highest BCUT2D eigenvalue weighted by molar-refractivity contribution is 7.99. The zero-order chi connectivity index (χ0) is 13.2. The first kappa shape index (κ1) is 14.3. The zero-order valence-electron chi connectivity index (χ0n) is 9.59. The van der Waals surface area contributed by atoms with E-state index in [1.54, 1.807) is 12.1 Å². The van der Waals surface area contributed by atoms with Gasteiger partial charge in [0.25, 0.3) is 0 Å². The number of thiocarbonyl (C=S) groups is 1. The van der Waals surface area contributed by atoms with Crippen LogP contribution in [0.15, 0.2) is 16.3 Å². The molecule has 0 bridgehead atoms. The third kappa shape index (κ3) is 3.45. The van der Waals surface area contributed by atoms with Gasteiger partial charge < -0.3 is 5.73 Å². The summed E-state index contributed by atoms with van der Waals surface area (Å²) < 4.78 is 27.0. The monoisotopic (exact) mass is 322 g/mol. The predicted octanol–water partition coefficient (Wildman–Crippen LogP) is 1.41. The van der Waals surface area contributed by atoms with Crippen LogP contribution in [0.2, 0.25) is 0 Å². The molecule has 100 valence electrons. The molecule has 1 aliphatic rings. The molecule has 1 aromatic heterocycles. The summed E-state index contributed by atoms with van der Waals surface area (Å²) in [5, 5.41) is 0. The van der Waals surface area contributed by atoms with Crippen LogP contribution in [0.1, 0.15) is 11.3 Å². The van der Waals surface area contributed by atoms with Crippen LogP contribution in [0.5, 0.6) is 0 Å². The molecule has 3 N–H and O–H groups in total. The van der Waals surface area contributed by atoms with E-state index < -0.39 is 10.0 Å². The summed E-state index contributed by atoms with van der Waals surface area (Å²) in [6.07, 6.45) is 1.08. The fourth-order valence-corrected chi connectivity index (χ4v) is 5.44. The number of sulfonamides is 1. The summed E-state index contributed by atoms with van der Waals surface area (Å²) in [4.78, 5) is 0.857. The Hall–Kier alpha value is -0.150.